The number of carbonyl (C=O) groups is 1. The monoisotopic (exact) mass is 367 g/mol. The van der Waals surface area contributed by atoms with Crippen LogP contribution in [0.1, 0.15) is 16.8 Å². The maximum Gasteiger partial charge on any atom is 0.350 e. The van der Waals surface area contributed by atoms with Crippen LogP contribution in [0.5, 0.6) is 11.6 Å². The van der Waals surface area contributed by atoms with Gasteiger partial charge in [0.05, 0.1) is 36.2 Å². The van der Waals surface area contributed by atoms with E-state index in [1.807, 2.05) is 6.07 Å². The van der Waals surface area contributed by atoms with Crippen LogP contribution in [0.4, 0.5) is 0 Å². The van der Waals surface area contributed by atoms with Crippen molar-refractivity contribution in [1.29, 1.82) is 5.26 Å². The zero-order chi connectivity index (χ0) is 17.7. The first-order valence-electron chi connectivity index (χ1n) is 6.67. The van der Waals surface area contributed by atoms with Crippen LogP contribution in [0.3, 0.4) is 0 Å². The van der Waals surface area contributed by atoms with Gasteiger partial charge in [-0.15, -0.1) is 5.10 Å². The molecule has 0 aliphatic heterocycles. The van der Waals surface area contributed by atoms with Crippen LogP contribution in [0.2, 0.25) is 10.0 Å². The number of hydrogen-bond donors (Lipinski definition) is 0. The molecule has 1 aromatic heterocycles. The highest BCUT2D eigenvalue weighted by atomic mass is 35.5. The van der Waals surface area contributed by atoms with E-state index < -0.39 is 11.5 Å². The number of nitrogens with zero attached hydrogens (tertiary/aromatic N) is 3. The van der Waals surface area contributed by atoms with Crippen molar-refractivity contribution in [2.24, 2.45) is 0 Å². The summed E-state index contributed by atoms with van der Waals surface area (Å²) in [6.07, 6.45) is 0.0955. The number of esters is 1. The molecule has 124 valence electrons. The molecule has 7 nitrogen and oxygen atoms in total. The molecule has 0 saturated heterocycles. The largest absolute Gasteiger partial charge is 0.494 e. The van der Waals surface area contributed by atoms with Gasteiger partial charge in [-0.25, -0.2) is 9.48 Å². The van der Waals surface area contributed by atoms with Gasteiger partial charge in [0, 0.05) is 12.1 Å². The number of benzene rings is 1. The van der Waals surface area contributed by atoms with Crippen molar-refractivity contribution < 1.29 is 14.3 Å². The Morgan fingerprint density at radius 3 is 2.67 bits per heavy atom. The number of aryl methyl sites for hydroxylation is 1. The molecule has 0 unspecified atom stereocenters. The van der Waals surface area contributed by atoms with E-state index >= 15 is 0 Å². The van der Waals surface area contributed by atoms with Gasteiger partial charge in [-0.05, 0) is 12.1 Å². The van der Waals surface area contributed by atoms with Gasteiger partial charge in [0.15, 0.2) is 5.75 Å². The van der Waals surface area contributed by atoms with Gasteiger partial charge in [-0.3, -0.25) is 4.79 Å². The summed E-state index contributed by atoms with van der Waals surface area (Å²) in [5.41, 5.74) is -0.466. The van der Waals surface area contributed by atoms with Crippen molar-refractivity contribution in [2.45, 2.75) is 13.0 Å². The highest BCUT2D eigenvalue weighted by Gasteiger charge is 2.22. The Morgan fingerprint density at radius 2 is 2.00 bits per heavy atom. The fourth-order valence-electron chi connectivity index (χ4n) is 1.87. The molecule has 0 fully saturated rings. The van der Waals surface area contributed by atoms with E-state index in [1.165, 1.54) is 31.4 Å². The van der Waals surface area contributed by atoms with E-state index in [2.05, 4.69) is 5.10 Å². The van der Waals surface area contributed by atoms with Crippen LogP contribution < -0.4 is 15.0 Å². The lowest BCUT2D eigenvalue weighted by atomic mass is 10.2. The smallest absolute Gasteiger partial charge is 0.350 e. The number of ether oxygens (including phenoxy) is 2. The minimum atomic E-state index is -0.836. The summed E-state index contributed by atoms with van der Waals surface area (Å²) in [5, 5.41) is 12.7. The molecule has 2 rings (SSSR count). The van der Waals surface area contributed by atoms with Crippen LogP contribution in [-0.4, -0.2) is 22.9 Å². The molecule has 0 bridgehead atoms. The molecule has 2 aromatic rings. The van der Waals surface area contributed by atoms with Crippen molar-refractivity contribution in [2.75, 3.05) is 7.11 Å². The first-order valence-corrected chi connectivity index (χ1v) is 7.42. The zero-order valence-electron chi connectivity index (χ0n) is 12.5. The SMILES string of the molecule is COc1c(Cl)ccc(Cl)c1C(=O)Oc1ccc(=O)n(CCC#N)n1. The normalized spacial score (nSPS) is 10.1. The zero-order valence-corrected chi connectivity index (χ0v) is 14.0. The molecule has 1 aromatic carbocycles. The number of rotatable bonds is 5. The summed E-state index contributed by atoms with van der Waals surface area (Å²) in [7, 11) is 1.34. The van der Waals surface area contributed by atoms with Crippen molar-refractivity contribution in [3.63, 3.8) is 0 Å². The maximum atomic E-state index is 12.4. The van der Waals surface area contributed by atoms with Crippen molar-refractivity contribution in [1.82, 2.24) is 9.78 Å². The van der Waals surface area contributed by atoms with Crippen molar-refractivity contribution in [3.05, 3.63) is 50.2 Å². The second-order valence-electron chi connectivity index (χ2n) is 4.47. The van der Waals surface area contributed by atoms with Gasteiger partial charge in [-0.1, -0.05) is 23.2 Å². The van der Waals surface area contributed by atoms with E-state index in [0.717, 1.165) is 4.68 Å². The average molecular weight is 368 g/mol. The quantitative estimate of drug-likeness (QED) is 0.754. The lowest BCUT2D eigenvalue weighted by Crippen LogP contribution is -2.23. The van der Waals surface area contributed by atoms with Crippen LogP contribution >= 0.6 is 23.2 Å². The van der Waals surface area contributed by atoms with E-state index in [4.69, 9.17) is 37.9 Å². The number of carbonyl (C=O) groups excluding carboxylic acids is 1. The van der Waals surface area contributed by atoms with Crippen LogP contribution in [0, 0.1) is 11.3 Å². The second-order valence-corrected chi connectivity index (χ2v) is 5.28. The van der Waals surface area contributed by atoms with Crippen molar-refractivity contribution >= 4 is 29.2 Å². The molecule has 0 amide bonds. The molecular formula is C15H11Cl2N3O4. The summed E-state index contributed by atoms with van der Waals surface area (Å²) in [4.78, 5) is 24.0. The van der Waals surface area contributed by atoms with E-state index in [-0.39, 0.29) is 40.2 Å². The van der Waals surface area contributed by atoms with Gasteiger partial charge >= 0.3 is 5.97 Å². The molecule has 0 aliphatic carbocycles. The topological polar surface area (TPSA) is 94.2 Å². The van der Waals surface area contributed by atoms with Gasteiger partial charge in [0.1, 0.15) is 5.56 Å². The molecule has 24 heavy (non-hydrogen) atoms. The number of halogens is 2. The Hall–Kier alpha value is -2.56. The summed E-state index contributed by atoms with van der Waals surface area (Å²) in [6, 6.07) is 7.25. The molecule has 0 spiro atoms. The predicted octanol–water partition coefficient (Wildman–Crippen LogP) is 2.69. The first-order chi connectivity index (χ1) is 11.5. The lowest BCUT2D eigenvalue weighted by Gasteiger charge is -2.11. The second kappa shape index (κ2) is 7.81. The molecule has 0 saturated carbocycles. The van der Waals surface area contributed by atoms with Gasteiger partial charge in [0.25, 0.3) is 5.56 Å². The fraction of sp³-hybridized carbons (Fsp3) is 0.200. The van der Waals surface area contributed by atoms with Gasteiger partial charge < -0.3 is 9.47 Å². The Balaban J connectivity index is 2.33. The summed E-state index contributed by atoms with van der Waals surface area (Å²) in [6.45, 7) is 0.0853. The third-order valence-corrected chi connectivity index (χ3v) is 3.55. The highest BCUT2D eigenvalue weighted by Crippen LogP contribution is 2.34. The van der Waals surface area contributed by atoms with Crippen LogP contribution in [0.25, 0.3) is 0 Å². The summed E-state index contributed by atoms with van der Waals surface area (Å²) >= 11 is 12.0. The lowest BCUT2D eigenvalue weighted by molar-refractivity contribution is 0.0720. The molecule has 1 heterocycles. The van der Waals surface area contributed by atoms with E-state index in [1.54, 1.807) is 0 Å². The van der Waals surface area contributed by atoms with E-state index in [0.29, 0.717) is 0 Å². The standard InChI is InChI=1S/C15H11Cl2N3O4/c1-23-14-10(17)4-3-9(16)13(14)15(22)24-11-5-6-12(21)20(19-11)8-2-7-18/h3-6H,2,8H2,1H3. The molecular weight excluding hydrogens is 357 g/mol. The highest BCUT2D eigenvalue weighted by molar-refractivity contribution is 6.37. The summed E-state index contributed by atoms with van der Waals surface area (Å²) in [5.74, 6) is -0.875. The molecule has 0 atom stereocenters. The van der Waals surface area contributed by atoms with E-state index in [9.17, 15) is 9.59 Å². The fourth-order valence-corrected chi connectivity index (χ4v) is 2.33. The first kappa shape index (κ1) is 17.8. The minimum absolute atomic E-state index is 0.0526. The number of methoxy groups -OCH3 is 1. The Labute approximate surface area is 146 Å². The average Bonchev–Trinajstić information content (AvgIpc) is 2.56. The molecule has 9 heteroatoms. The Kier molecular flexibility index (Phi) is 5.79. The van der Waals surface area contributed by atoms with Crippen LogP contribution in [-0.2, 0) is 6.54 Å². The predicted molar refractivity (Wildman–Crippen MR) is 86.7 cm³/mol. The molecule has 0 N–H and O–H groups in total. The number of nitriles is 1. The van der Waals surface area contributed by atoms with Crippen LogP contribution in [0.15, 0.2) is 29.1 Å². The Bertz CT molecular complexity index is 874. The molecule has 0 radical (unpaired) electrons. The van der Waals surface area contributed by atoms with Crippen molar-refractivity contribution in [3.8, 4) is 17.7 Å². The third-order valence-electron chi connectivity index (χ3n) is 2.94. The molecule has 0 aliphatic rings. The van der Waals surface area contributed by atoms with Gasteiger partial charge in [-0.2, -0.15) is 5.26 Å². The third kappa shape index (κ3) is 3.85. The number of aromatic nitrogens is 2. The maximum absolute atomic E-state index is 12.4. The van der Waals surface area contributed by atoms with Gasteiger partial charge in [0.2, 0.25) is 5.88 Å². The summed E-state index contributed by atoms with van der Waals surface area (Å²) < 4.78 is 11.3. The Morgan fingerprint density at radius 1 is 1.29 bits per heavy atom. The minimum Gasteiger partial charge on any atom is -0.494 e. The number of hydrogen-bond acceptors (Lipinski definition) is 6.